The van der Waals surface area contributed by atoms with Crippen molar-refractivity contribution in [2.75, 3.05) is 20.0 Å². The number of ether oxygens (including phenoxy) is 2. The van der Waals surface area contributed by atoms with Crippen molar-refractivity contribution in [1.82, 2.24) is 10.3 Å². The quantitative estimate of drug-likeness (QED) is 0.706. The topological polar surface area (TPSA) is 95.8 Å². The number of amidine groups is 1. The van der Waals surface area contributed by atoms with Gasteiger partial charge in [0.1, 0.15) is 5.70 Å². The molecule has 2 aromatic rings. The van der Waals surface area contributed by atoms with Crippen LogP contribution in [0.5, 0.6) is 17.2 Å². The maximum Gasteiger partial charge on any atom is 0.276 e. The molecule has 30 heavy (non-hydrogen) atoms. The highest BCUT2D eigenvalue weighted by Crippen LogP contribution is 2.41. The van der Waals surface area contributed by atoms with Crippen LogP contribution < -0.4 is 25.4 Å². The summed E-state index contributed by atoms with van der Waals surface area (Å²) in [5.74, 6) is 0.716. The molecule has 0 saturated heterocycles. The van der Waals surface area contributed by atoms with E-state index < -0.39 is 6.17 Å². The third-order valence-electron chi connectivity index (χ3n) is 4.65. The normalized spacial score (nSPS) is 17.2. The molecule has 0 spiro atoms. The average Bonchev–Trinajstić information content (AvgIpc) is 2.77. The summed E-state index contributed by atoms with van der Waals surface area (Å²) in [5.41, 5.74) is 1.06. The number of carbonyl (C=O) groups is 1. The Morgan fingerprint density at radius 1 is 1.27 bits per heavy atom. The first-order chi connectivity index (χ1) is 14.6. The molecule has 2 aliphatic heterocycles. The largest absolute Gasteiger partial charge is 0.502 e. The molecule has 0 fully saturated rings. The van der Waals surface area contributed by atoms with Crippen LogP contribution in [0, 0.1) is 0 Å². The standard InChI is InChI=1S/C21H20N4O4S/c1-4-9-30-21-23-20(27)17-13-7-5-6-8-14(13)22-19(25(17)24-21)12-10-15(28-2)18(26)16(11-12)29-3/h4-8,10-11,19,26H,1,9H2,2-3H3,(H,23,24,27). The van der Waals surface area contributed by atoms with Crippen molar-refractivity contribution in [2.24, 2.45) is 10.1 Å². The van der Waals surface area contributed by atoms with Crippen LogP contribution in [0.4, 0.5) is 0 Å². The molecule has 1 amide bonds. The van der Waals surface area contributed by atoms with E-state index in [0.29, 0.717) is 32.8 Å². The number of fused-ring (bicyclic) bond motifs is 2. The van der Waals surface area contributed by atoms with E-state index in [-0.39, 0.29) is 23.2 Å². The lowest BCUT2D eigenvalue weighted by Gasteiger charge is -2.34. The minimum Gasteiger partial charge on any atom is -0.502 e. The summed E-state index contributed by atoms with van der Waals surface area (Å²) in [4.78, 5) is 17.8. The summed E-state index contributed by atoms with van der Waals surface area (Å²) in [5, 5.41) is 21.2. The van der Waals surface area contributed by atoms with Gasteiger partial charge in [-0.3, -0.25) is 15.1 Å². The molecule has 0 saturated carbocycles. The Morgan fingerprint density at radius 2 is 1.97 bits per heavy atom. The molecule has 154 valence electrons. The highest BCUT2D eigenvalue weighted by Gasteiger charge is 2.35. The van der Waals surface area contributed by atoms with Gasteiger partial charge in [0.15, 0.2) is 22.8 Å². The first-order valence-electron chi connectivity index (χ1n) is 9.12. The van der Waals surface area contributed by atoms with Gasteiger partial charge in [0.05, 0.1) is 19.6 Å². The number of thioether (sulfide) groups is 1. The van der Waals surface area contributed by atoms with E-state index >= 15 is 0 Å². The molecule has 0 radical (unpaired) electrons. The third-order valence-corrected chi connectivity index (χ3v) is 5.51. The summed E-state index contributed by atoms with van der Waals surface area (Å²) < 4.78 is 10.6. The van der Waals surface area contributed by atoms with Gasteiger partial charge < -0.3 is 14.6 Å². The number of nitrogens with one attached hydrogen (secondary N) is 1. The molecular weight excluding hydrogens is 404 g/mol. The van der Waals surface area contributed by atoms with E-state index in [1.807, 2.05) is 24.3 Å². The summed E-state index contributed by atoms with van der Waals surface area (Å²) in [6.07, 6.45) is 1.09. The van der Waals surface area contributed by atoms with Crippen LogP contribution in [0.2, 0.25) is 0 Å². The molecule has 2 aromatic carbocycles. The van der Waals surface area contributed by atoms with Gasteiger partial charge in [-0.2, -0.15) is 0 Å². The summed E-state index contributed by atoms with van der Waals surface area (Å²) in [7, 11) is 2.92. The lowest BCUT2D eigenvalue weighted by atomic mass is 10.1. The molecule has 0 bridgehead atoms. The van der Waals surface area contributed by atoms with Crippen molar-refractivity contribution >= 4 is 28.5 Å². The molecule has 2 aliphatic rings. The molecule has 4 rings (SSSR count). The number of hydrogen-bond donors (Lipinski definition) is 2. The zero-order chi connectivity index (χ0) is 21.3. The van der Waals surface area contributed by atoms with Gasteiger partial charge in [0.2, 0.25) is 5.75 Å². The predicted molar refractivity (Wildman–Crippen MR) is 115 cm³/mol. The van der Waals surface area contributed by atoms with Crippen LogP contribution in [0.25, 0.3) is 5.70 Å². The number of phenolic OH excluding ortho intramolecular Hbond substituents is 1. The molecule has 0 aromatic heterocycles. The lowest BCUT2D eigenvalue weighted by Crippen LogP contribution is -2.50. The SMILES string of the molecule is C=CCSC1=NN2C(=c3ccccc3=NC2c2cc(OC)c(O)c(OC)c2)C(=O)N1. The number of methoxy groups -OCH3 is 2. The molecule has 1 atom stereocenters. The van der Waals surface area contributed by atoms with Gasteiger partial charge in [-0.05, 0) is 18.2 Å². The summed E-state index contributed by atoms with van der Waals surface area (Å²) >= 11 is 1.37. The van der Waals surface area contributed by atoms with Crippen LogP contribution in [0.1, 0.15) is 11.7 Å². The fraction of sp³-hybridized carbons (Fsp3) is 0.190. The zero-order valence-electron chi connectivity index (χ0n) is 16.5. The predicted octanol–water partition coefficient (Wildman–Crippen LogP) is 1.47. The number of hydrogen-bond acceptors (Lipinski definition) is 8. The van der Waals surface area contributed by atoms with E-state index in [2.05, 4.69) is 17.0 Å². The molecule has 8 nitrogen and oxygen atoms in total. The Balaban J connectivity index is 1.93. The van der Waals surface area contributed by atoms with Gasteiger partial charge >= 0.3 is 0 Å². The fourth-order valence-corrected chi connectivity index (χ4v) is 3.90. The average molecular weight is 424 g/mol. The molecule has 0 aliphatic carbocycles. The van der Waals surface area contributed by atoms with E-state index in [1.165, 1.54) is 26.0 Å². The molecule has 1 unspecified atom stereocenters. The molecular formula is C21H20N4O4S. The number of rotatable bonds is 5. The number of hydrazone groups is 1. The van der Waals surface area contributed by atoms with E-state index in [1.54, 1.807) is 23.2 Å². The van der Waals surface area contributed by atoms with Gasteiger partial charge in [0, 0.05) is 16.5 Å². The molecule has 2 heterocycles. The molecule has 9 heteroatoms. The zero-order valence-corrected chi connectivity index (χ0v) is 17.3. The van der Waals surface area contributed by atoms with Crippen molar-refractivity contribution in [3.05, 3.63) is 65.2 Å². The van der Waals surface area contributed by atoms with Crippen molar-refractivity contribution in [2.45, 2.75) is 6.17 Å². The van der Waals surface area contributed by atoms with Crippen LogP contribution in [-0.4, -0.2) is 41.2 Å². The van der Waals surface area contributed by atoms with Crippen molar-refractivity contribution in [3.63, 3.8) is 0 Å². The van der Waals surface area contributed by atoms with Crippen LogP contribution in [0.3, 0.4) is 0 Å². The lowest BCUT2D eigenvalue weighted by molar-refractivity contribution is -0.116. The Bertz CT molecular complexity index is 1150. The first kappa shape index (κ1) is 19.8. The maximum atomic E-state index is 13.0. The summed E-state index contributed by atoms with van der Waals surface area (Å²) in [6, 6.07) is 10.7. The fourth-order valence-electron chi connectivity index (χ4n) is 3.31. The maximum absolute atomic E-state index is 13.0. The van der Waals surface area contributed by atoms with Crippen molar-refractivity contribution in [1.29, 1.82) is 0 Å². The third kappa shape index (κ3) is 3.37. The van der Waals surface area contributed by atoms with E-state index in [9.17, 15) is 9.90 Å². The van der Waals surface area contributed by atoms with Gasteiger partial charge in [0.25, 0.3) is 5.91 Å². The molecule has 2 N–H and O–H groups in total. The number of benzene rings is 2. The van der Waals surface area contributed by atoms with Gasteiger partial charge in [-0.15, -0.1) is 11.7 Å². The van der Waals surface area contributed by atoms with Gasteiger partial charge in [-0.25, -0.2) is 5.01 Å². The Kier molecular flexibility index (Phi) is 5.37. The minimum atomic E-state index is -0.649. The summed E-state index contributed by atoms with van der Waals surface area (Å²) in [6.45, 7) is 3.71. The minimum absolute atomic E-state index is 0.105. The highest BCUT2D eigenvalue weighted by molar-refractivity contribution is 8.14. The number of carbonyl (C=O) groups excluding carboxylic acids is 1. The Labute approximate surface area is 177 Å². The van der Waals surface area contributed by atoms with Crippen LogP contribution in [-0.2, 0) is 4.79 Å². The van der Waals surface area contributed by atoms with E-state index in [0.717, 1.165) is 0 Å². The van der Waals surface area contributed by atoms with E-state index in [4.69, 9.17) is 14.5 Å². The number of nitrogens with zero attached hydrogens (tertiary/aromatic N) is 3. The number of aromatic hydroxyl groups is 1. The smallest absolute Gasteiger partial charge is 0.276 e. The van der Waals surface area contributed by atoms with Gasteiger partial charge in [-0.1, -0.05) is 36.0 Å². The Hall–Kier alpha value is -3.46. The number of phenols is 1. The second-order valence-electron chi connectivity index (χ2n) is 6.45. The van der Waals surface area contributed by atoms with Crippen LogP contribution in [0.15, 0.2) is 59.1 Å². The first-order valence-corrected chi connectivity index (χ1v) is 10.1. The second kappa shape index (κ2) is 8.11. The number of para-hydroxylation sites is 1. The number of amides is 1. The van der Waals surface area contributed by atoms with Crippen molar-refractivity contribution < 1.29 is 19.4 Å². The second-order valence-corrected chi connectivity index (χ2v) is 7.45. The Morgan fingerprint density at radius 3 is 2.63 bits per heavy atom. The van der Waals surface area contributed by atoms with Crippen LogP contribution >= 0.6 is 11.8 Å². The monoisotopic (exact) mass is 424 g/mol. The van der Waals surface area contributed by atoms with Crippen molar-refractivity contribution in [3.8, 4) is 17.2 Å². The highest BCUT2D eigenvalue weighted by atomic mass is 32.2.